The molecule has 2 rings (SSSR count). The number of ether oxygens (including phenoxy) is 1. The number of Topliss-reactive ketones (excluding diaryl/α,β-unsaturated/α-hetero) is 1. The van der Waals surface area contributed by atoms with Gasteiger partial charge in [-0.25, -0.2) is 0 Å². The van der Waals surface area contributed by atoms with Crippen LogP contribution in [-0.4, -0.2) is 18.5 Å². The van der Waals surface area contributed by atoms with E-state index in [0.717, 1.165) is 31.2 Å². The van der Waals surface area contributed by atoms with E-state index >= 15 is 0 Å². The van der Waals surface area contributed by atoms with Crippen molar-refractivity contribution in [2.75, 3.05) is 7.11 Å². The number of hydrogen-bond acceptors (Lipinski definition) is 2. The van der Waals surface area contributed by atoms with Crippen molar-refractivity contribution in [3.63, 3.8) is 0 Å². The van der Waals surface area contributed by atoms with E-state index in [4.69, 9.17) is 27.9 Å². The van der Waals surface area contributed by atoms with Gasteiger partial charge in [-0.2, -0.15) is 0 Å². The van der Waals surface area contributed by atoms with Crippen molar-refractivity contribution in [3.8, 4) is 0 Å². The molecule has 1 aromatic rings. The Morgan fingerprint density at radius 1 is 1.20 bits per heavy atom. The molecule has 0 bridgehead atoms. The molecule has 0 atom stereocenters. The first kappa shape index (κ1) is 15.8. The van der Waals surface area contributed by atoms with Crippen molar-refractivity contribution in [3.05, 3.63) is 33.8 Å². The summed E-state index contributed by atoms with van der Waals surface area (Å²) in [4.78, 5) is 12.7. The lowest BCUT2D eigenvalue weighted by Crippen LogP contribution is -2.41. The van der Waals surface area contributed by atoms with E-state index < -0.39 is 5.60 Å². The highest BCUT2D eigenvalue weighted by atomic mass is 35.5. The minimum Gasteiger partial charge on any atom is -0.370 e. The van der Waals surface area contributed by atoms with Crippen LogP contribution in [0.4, 0.5) is 0 Å². The minimum atomic E-state index is -0.637. The fraction of sp³-hybridized carbons (Fsp3) is 0.562. The molecule has 1 aromatic carbocycles. The van der Waals surface area contributed by atoms with Crippen LogP contribution in [0.15, 0.2) is 18.2 Å². The number of carbonyl (C=O) groups excluding carboxylic acids is 1. The first-order valence-corrected chi connectivity index (χ1v) is 7.86. The molecule has 1 saturated carbocycles. The van der Waals surface area contributed by atoms with Gasteiger partial charge in [0.15, 0.2) is 5.78 Å². The van der Waals surface area contributed by atoms with Crippen LogP contribution in [0, 0.1) is 0 Å². The zero-order chi connectivity index (χ0) is 14.6. The lowest BCUT2D eigenvalue weighted by molar-refractivity contribution is -0.142. The molecule has 1 aliphatic carbocycles. The molecular formula is C16H20Cl2O2. The van der Waals surface area contributed by atoms with Gasteiger partial charge in [0.1, 0.15) is 5.60 Å². The fourth-order valence-corrected chi connectivity index (χ4v) is 3.30. The third-order valence-electron chi connectivity index (χ3n) is 4.19. The normalized spacial score (nSPS) is 18.6. The quantitative estimate of drug-likeness (QED) is 0.743. The van der Waals surface area contributed by atoms with Crippen LogP contribution < -0.4 is 0 Å². The molecule has 0 aromatic heterocycles. The van der Waals surface area contributed by atoms with E-state index in [1.807, 2.05) is 12.1 Å². The largest absolute Gasteiger partial charge is 0.370 e. The SMILES string of the molecule is COC1(C(=O)Cc2cccc(Cl)c2Cl)CCCCCC1. The summed E-state index contributed by atoms with van der Waals surface area (Å²) in [7, 11) is 1.64. The van der Waals surface area contributed by atoms with Crippen molar-refractivity contribution >= 4 is 29.0 Å². The van der Waals surface area contributed by atoms with E-state index in [9.17, 15) is 4.79 Å². The fourth-order valence-electron chi connectivity index (χ4n) is 2.92. The van der Waals surface area contributed by atoms with Crippen molar-refractivity contribution in [2.24, 2.45) is 0 Å². The molecule has 20 heavy (non-hydrogen) atoms. The third kappa shape index (κ3) is 3.36. The highest BCUT2D eigenvalue weighted by Crippen LogP contribution is 2.33. The molecule has 0 N–H and O–H groups in total. The Morgan fingerprint density at radius 3 is 2.45 bits per heavy atom. The first-order valence-electron chi connectivity index (χ1n) is 7.10. The molecule has 0 radical (unpaired) electrons. The number of rotatable bonds is 4. The Hall–Kier alpha value is -0.570. The highest BCUT2D eigenvalue weighted by molar-refractivity contribution is 6.42. The van der Waals surface area contributed by atoms with Crippen LogP contribution in [0.25, 0.3) is 0 Å². The molecule has 110 valence electrons. The van der Waals surface area contributed by atoms with Crippen LogP contribution in [0.1, 0.15) is 44.1 Å². The summed E-state index contributed by atoms with van der Waals surface area (Å²) in [6.45, 7) is 0. The van der Waals surface area contributed by atoms with Gasteiger partial charge >= 0.3 is 0 Å². The maximum Gasteiger partial charge on any atom is 0.169 e. The van der Waals surface area contributed by atoms with Gasteiger partial charge in [0.2, 0.25) is 0 Å². The van der Waals surface area contributed by atoms with Gasteiger partial charge in [-0.3, -0.25) is 4.79 Å². The number of halogens is 2. The van der Waals surface area contributed by atoms with Gasteiger partial charge in [0.25, 0.3) is 0 Å². The second kappa shape index (κ2) is 6.93. The smallest absolute Gasteiger partial charge is 0.169 e. The van der Waals surface area contributed by atoms with E-state index in [0.29, 0.717) is 10.0 Å². The summed E-state index contributed by atoms with van der Waals surface area (Å²) in [5.41, 5.74) is 0.145. The Bertz CT molecular complexity index is 477. The van der Waals surface area contributed by atoms with Gasteiger partial charge in [-0.1, -0.05) is 61.0 Å². The maximum atomic E-state index is 12.7. The van der Waals surface area contributed by atoms with Gasteiger partial charge in [0.05, 0.1) is 10.0 Å². The predicted molar refractivity (Wildman–Crippen MR) is 82.6 cm³/mol. The second-order valence-electron chi connectivity index (χ2n) is 5.43. The first-order chi connectivity index (χ1) is 9.59. The van der Waals surface area contributed by atoms with E-state index in [1.54, 1.807) is 13.2 Å². The summed E-state index contributed by atoms with van der Waals surface area (Å²) in [6.07, 6.45) is 6.34. The van der Waals surface area contributed by atoms with Gasteiger partial charge in [-0.15, -0.1) is 0 Å². The third-order valence-corrected chi connectivity index (χ3v) is 5.05. The van der Waals surface area contributed by atoms with Crippen LogP contribution >= 0.6 is 23.2 Å². The number of hydrogen-bond donors (Lipinski definition) is 0. The second-order valence-corrected chi connectivity index (χ2v) is 6.21. The summed E-state index contributed by atoms with van der Waals surface area (Å²) in [5.74, 6) is 0.117. The van der Waals surface area contributed by atoms with Crippen LogP contribution in [-0.2, 0) is 16.0 Å². The lowest BCUT2D eigenvalue weighted by atomic mass is 9.86. The van der Waals surface area contributed by atoms with Gasteiger partial charge in [-0.05, 0) is 24.5 Å². The standard InChI is InChI=1S/C16H20Cl2O2/c1-20-16(9-4-2-3-5-10-16)14(19)11-12-7-6-8-13(17)15(12)18/h6-8H,2-5,9-11H2,1H3. The Kier molecular flexibility index (Phi) is 5.48. The van der Waals surface area contributed by atoms with Crippen molar-refractivity contribution in [1.82, 2.24) is 0 Å². The van der Waals surface area contributed by atoms with E-state index in [1.165, 1.54) is 12.8 Å². The summed E-state index contributed by atoms with van der Waals surface area (Å²) < 4.78 is 5.64. The summed E-state index contributed by atoms with van der Waals surface area (Å²) in [5, 5.41) is 0.965. The lowest BCUT2D eigenvalue weighted by Gasteiger charge is -2.30. The molecule has 0 saturated heterocycles. The van der Waals surface area contributed by atoms with Gasteiger partial charge in [0, 0.05) is 13.5 Å². The molecule has 0 spiro atoms. The molecule has 0 heterocycles. The number of methoxy groups -OCH3 is 1. The number of ketones is 1. The molecule has 2 nitrogen and oxygen atoms in total. The predicted octanol–water partition coefficient (Wildman–Crippen LogP) is 4.84. The van der Waals surface area contributed by atoms with Crippen LogP contribution in [0.3, 0.4) is 0 Å². The summed E-state index contributed by atoms with van der Waals surface area (Å²) in [6, 6.07) is 5.41. The monoisotopic (exact) mass is 314 g/mol. The molecule has 1 aliphatic rings. The van der Waals surface area contributed by atoms with Crippen molar-refractivity contribution in [1.29, 1.82) is 0 Å². The molecular weight excluding hydrogens is 295 g/mol. The maximum absolute atomic E-state index is 12.7. The highest BCUT2D eigenvalue weighted by Gasteiger charge is 2.38. The average molecular weight is 315 g/mol. The van der Waals surface area contributed by atoms with Crippen molar-refractivity contribution < 1.29 is 9.53 Å². The van der Waals surface area contributed by atoms with Crippen LogP contribution in [0.2, 0.25) is 10.0 Å². The zero-order valence-corrected chi connectivity index (χ0v) is 13.3. The topological polar surface area (TPSA) is 26.3 Å². The van der Waals surface area contributed by atoms with Gasteiger partial charge < -0.3 is 4.74 Å². The number of benzene rings is 1. The average Bonchev–Trinajstić information content (AvgIpc) is 2.70. The van der Waals surface area contributed by atoms with Crippen LogP contribution in [0.5, 0.6) is 0 Å². The van der Waals surface area contributed by atoms with E-state index in [2.05, 4.69) is 0 Å². The minimum absolute atomic E-state index is 0.117. The Balaban J connectivity index is 2.18. The number of carbonyl (C=O) groups is 1. The van der Waals surface area contributed by atoms with E-state index in [-0.39, 0.29) is 12.2 Å². The van der Waals surface area contributed by atoms with Crippen molar-refractivity contribution in [2.45, 2.75) is 50.5 Å². The zero-order valence-electron chi connectivity index (χ0n) is 11.8. The molecule has 0 unspecified atom stereocenters. The summed E-state index contributed by atoms with van der Waals surface area (Å²) >= 11 is 12.2. The molecule has 1 fully saturated rings. The molecule has 0 aliphatic heterocycles. The Morgan fingerprint density at radius 2 is 1.85 bits per heavy atom. The molecule has 0 amide bonds. The Labute approximate surface area is 130 Å². The molecule has 4 heteroatoms.